The second-order valence-corrected chi connectivity index (χ2v) is 4.69. The molecule has 0 amide bonds. The van der Waals surface area contributed by atoms with Gasteiger partial charge in [0.2, 0.25) is 0 Å². The van der Waals surface area contributed by atoms with Crippen molar-refractivity contribution in [3.63, 3.8) is 0 Å². The monoisotopic (exact) mass is 297 g/mol. The summed E-state index contributed by atoms with van der Waals surface area (Å²) in [6.45, 7) is 0.478. The number of benzene rings is 2. The Hall–Kier alpha value is -1.65. The van der Waals surface area contributed by atoms with E-state index in [2.05, 4.69) is 5.32 Å². The fraction of sp³-hybridized carbons (Fsp3) is 0.200. The van der Waals surface area contributed by atoms with E-state index in [4.69, 9.17) is 16.3 Å². The van der Waals surface area contributed by atoms with Crippen LogP contribution < -0.4 is 10.1 Å². The van der Waals surface area contributed by atoms with E-state index in [0.29, 0.717) is 17.3 Å². The highest BCUT2D eigenvalue weighted by Gasteiger charge is 2.10. The van der Waals surface area contributed by atoms with Crippen LogP contribution >= 0.6 is 11.6 Å². The van der Waals surface area contributed by atoms with Crippen LogP contribution in [0.3, 0.4) is 0 Å². The van der Waals surface area contributed by atoms with E-state index >= 15 is 0 Å². The van der Waals surface area contributed by atoms with Gasteiger partial charge in [-0.1, -0.05) is 23.7 Å². The van der Waals surface area contributed by atoms with Crippen LogP contribution in [0.15, 0.2) is 36.4 Å². The maximum atomic E-state index is 13.5. The molecule has 0 aliphatic rings. The molecule has 0 atom stereocenters. The van der Waals surface area contributed by atoms with E-state index in [1.807, 2.05) is 13.1 Å². The average Bonchev–Trinajstić information content (AvgIpc) is 2.40. The molecule has 0 saturated heterocycles. The molecule has 0 heterocycles. The number of hydrogen-bond acceptors (Lipinski definition) is 2. The van der Waals surface area contributed by atoms with Gasteiger partial charge in [0.1, 0.15) is 24.0 Å². The number of ether oxygens (including phenoxy) is 1. The topological polar surface area (TPSA) is 21.3 Å². The lowest BCUT2D eigenvalue weighted by atomic mass is 10.2. The Balaban J connectivity index is 2.11. The SMILES string of the molecule is CNCc1ccc(OCc2c(F)cccc2F)c(Cl)c1. The predicted octanol–water partition coefficient (Wildman–Crippen LogP) is 3.92. The second kappa shape index (κ2) is 6.68. The summed E-state index contributed by atoms with van der Waals surface area (Å²) < 4.78 is 32.3. The van der Waals surface area contributed by atoms with Crippen molar-refractivity contribution in [2.75, 3.05) is 7.05 Å². The number of nitrogens with one attached hydrogen (secondary N) is 1. The number of hydrogen-bond donors (Lipinski definition) is 1. The molecule has 2 rings (SSSR count). The largest absolute Gasteiger partial charge is 0.487 e. The Bertz CT molecular complexity index is 584. The van der Waals surface area contributed by atoms with Gasteiger partial charge in [0.15, 0.2) is 0 Å². The normalized spacial score (nSPS) is 10.6. The lowest BCUT2D eigenvalue weighted by Crippen LogP contribution is -2.05. The van der Waals surface area contributed by atoms with Gasteiger partial charge < -0.3 is 10.1 Å². The zero-order valence-corrected chi connectivity index (χ0v) is 11.7. The van der Waals surface area contributed by atoms with E-state index in [-0.39, 0.29) is 12.2 Å². The van der Waals surface area contributed by atoms with Crippen LogP contribution in [0.2, 0.25) is 5.02 Å². The first-order chi connectivity index (χ1) is 9.61. The van der Waals surface area contributed by atoms with Crippen molar-refractivity contribution >= 4 is 11.6 Å². The van der Waals surface area contributed by atoms with Crippen LogP contribution in [0.4, 0.5) is 8.78 Å². The summed E-state index contributed by atoms with van der Waals surface area (Å²) in [4.78, 5) is 0. The zero-order valence-electron chi connectivity index (χ0n) is 10.9. The minimum absolute atomic E-state index is 0.108. The molecule has 5 heteroatoms. The quantitative estimate of drug-likeness (QED) is 0.903. The lowest BCUT2D eigenvalue weighted by molar-refractivity contribution is 0.292. The first-order valence-corrected chi connectivity index (χ1v) is 6.48. The summed E-state index contributed by atoms with van der Waals surface area (Å²) in [5, 5.41) is 3.42. The highest BCUT2D eigenvalue weighted by molar-refractivity contribution is 6.32. The standard InChI is InChI=1S/C15H14ClF2NO/c1-19-8-10-5-6-15(12(16)7-10)20-9-11-13(17)3-2-4-14(11)18/h2-7,19H,8-9H2,1H3. The molecular formula is C15H14ClF2NO. The first-order valence-electron chi connectivity index (χ1n) is 6.10. The third-order valence-corrected chi connectivity index (χ3v) is 3.11. The number of halogens is 3. The van der Waals surface area contributed by atoms with Gasteiger partial charge in [0, 0.05) is 6.54 Å². The molecule has 0 unspecified atom stereocenters. The molecular weight excluding hydrogens is 284 g/mol. The smallest absolute Gasteiger partial charge is 0.138 e. The maximum absolute atomic E-state index is 13.5. The molecule has 0 saturated carbocycles. The molecule has 1 N–H and O–H groups in total. The first kappa shape index (κ1) is 14.8. The molecule has 2 aromatic carbocycles. The predicted molar refractivity (Wildman–Crippen MR) is 74.9 cm³/mol. The van der Waals surface area contributed by atoms with E-state index in [0.717, 1.165) is 5.56 Å². The average molecular weight is 298 g/mol. The number of rotatable bonds is 5. The van der Waals surface area contributed by atoms with Crippen LogP contribution in [-0.2, 0) is 13.2 Å². The summed E-state index contributed by atoms with van der Waals surface area (Å²) >= 11 is 6.07. The summed E-state index contributed by atoms with van der Waals surface area (Å²) in [7, 11) is 1.83. The summed E-state index contributed by atoms with van der Waals surface area (Å²) in [5.41, 5.74) is 0.893. The Morgan fingerprint density at radius 1 is 1.15 bits per heavy atom. The van der Waals surface area contributed by atoms with Gasteiger partial charge in [-0.15, -0.1) is 0 Å². The third kappa shape index (κ3) is 3.46. The molecule has 0 radical (unpaired) electrons. The minimum atomic E-state index is -0.632. The van der Waals surface area contributed by atoms with Gasteiger partial charge in [0.25, 0.3) is 0 Å². The van der Waals surface area contributed by atoms with Crippen molar-refractivity contribution < 1.29 is 13.5 Å². The summed E-state index contributed by atoms with van der Waals surface area (Å²) in [6, 6.07) is 8.99. The second-order valence-electron chi connectivity index (χ2n) is 4.28. The molecule has 0 aromatic heterocycles. The van der Waals surface area contributed by atoms with E-state index in [1.165, 1.54) is 18.2 Å². The van der Waals surface area contributed by atoms with Crippen LogP contribution in [0.25, 0.3) is 0 Å². The fourth-order valence-electron chi connectivity index (χ4n) is 1.80. The Morgan fingerprint density at radius 3 is 2.45 bits per heavy atom. The maximum Gasteiger partial charge on any atom is 0.138 e. The van der Waals surface area contributed by atoms with Gasteiger partial charge in [-0.25, -0.2) is 8.78 Å². The van der Waals surface area contributed by atoms with Crippen LogP contribution in [0.1, 0.15) is 11.1 Å². The molecule has 2 nitrogen and oxygen atoms in total. The van der Waals surface area contributed by atoms with E-state index in [9.17, 15) is 8.78 Å². The highest BCUT2D eigenvalue weighted by atomic mass is 35.5. The van der Waals surface area contributed by atoms with Crippen molar-refractivity contribution in [2.45, 2.75) is 13.2 Å². The molecule has 0 bridgehead atoms. The van der Waals surface area contributed by atoms with Crippen molar-refractivity contribution in [1.82, 2.24) is 5.32 Å². The lowest BCUT2D eigenvalue weighted by Gasteiger charge is -2.10. The van der Waals surface area contributed by atoms with Crippen LogP contribution in [-0.4, -0.2) is 7.05 Å². The summed E-state index contributed by atoms with van der Waals surface area (Å²) in [6.07, 6.45) is 0. The van der Waals surface area contributed by atoms with E-state index in [1.54, 1.807) is 12.1 Å². The van der Waals surface area contributed by atoms with Gasteiger partial charge in [0.05, 0.1) is 10.6 Å². The molecule has 2 aromatic rings. The molecule has 20 heavy (non-hydrogen) atoms. The van der Waals surface area contributed by atoms with Gasteiger partial charge in [-0.05, 0) is 36.9 Å². The van der Waals surface area contributed by atoms with Gasteiger partial charge in [-0.2, -0.15) is 0 Å². The van der Waals surface area contributed by atoms with Crippen molar-refractivity contribution in [2.24, 2.45) is 0 Å². The zero-order chi connectivity index (χ0) is 14.5. The van der Waals surface area contributed by atoms with Crippen molar-refractivity contribution in [3.05, 3.63) is 64.2 Å². The fourth-order valence-corrected chi connectivity index (χ4v) is 2.05. The van der Waals surface area contributed by atoms with Crippen LogP contribution in [0, 0.1) is 11.6 Å². The third-order valence-electron chi connectivity index (χ3n) is 2.81. The van der Waals surface area contributed by atoms with Gasteiger partial charge >= 0.3 is 0 Å². The molecule has 0 aliphatic carbocycles. The Morgan fingerprint density at radius 2 is 1.85 bits per heavy atom. The van der Waals surface area contributed by atoms with Crippen molar-refractivity contribution in [3.8, 4) is 5.75 Å². The van der Waals surface area contributed by atoms with E-state index < -0.39 is 11.6 Å². The Labute approximate surface area is 121 Å². The minimum Gasteiger partial charge on any atom is -0.487 e. The molecule has 0 aliphatic heterocycles. The van der Waals surface area contributed by atoms with Crippen molar-refractivity contribution in [1.29, 1.82) is 0 Å². The van der Waals surface area contributed by atoms with Gasteiger partial charge in [-0.3, -0.25) is 0 Å². The highest BCUT2D eigenvalue weighted by Crippen LogP contribution is 2.27. The molecule has 0 spiro atoms. The summed E-state index contributed by atoms with van der Waals surface area (Å²) in [5.74, 6) is -0.866. The molecule has 106 valence electrons. The Kier molecular flexibility index (Phi) is 4.93. The van der Waals surface area contributed by atoms with Crippen LogP contribution in [0.5, 0.6) is 5.75 Å². The molecule has 0 fully saturated rings.